The molecule has 0 radical (unpaired) electrons. The van der Waals surface area contributed by atoms with E-state index in [1.807, 2.05) is 46.7 Å². The molecule has 4 saturated heterocycles. The minimum absolute atomic E-state index is 0.0307. The van der Waals surface area contributed by atoms with Gasteiger partial charge in [0.15, 0.2) is 24.0 Å². The summed E-state index contributed by atoms with van der Waals surface area (Å²) in [4.78, 5) is 75.5. The highest BCUT2D eigenvalue weighted by atomic mass is 16.7. The van der Waals surface area contributed by atoms with Crippen LogP contribution in [-0.4, -0.2) is 313 Å². The number of carbonyl (C=O) groups excluding carboxylic acids is 4. The number of cyclic esters (lactones) is 1. The second-order valence-corrected chi connectivity index (χ2v) is 47.0. The Labute approximate surface area is 882 Å². The lowest BCUT2D eigenvalue weighted by Gasteiger charge is -2.49. The van der Waals surface area contributed by atoms with E-state index in [1.54, 1.807) is 127 Å². The third-order valence-electron chi connectivity index (χ3n) is 33.9. The number of carbonyl (C=O) groups is 4. The number of phenols is 2. The SMILES string of the molecule is C=C1/C(=C\C=C2/CCC[C@]3(C)[C@@H]([C@H](C)CCCC(C)(C)O)CC[C@@H]23)C[C@@H](O)C[C@@H]1O.CC[C@H]1OC(=O)[C@H](C)[C@@H](OC2CC(C)(OC)C(O)C(C)O2)[C@H](C)[C@@H](OC2OC(C)CC(N(C)C)C2O)[C@](C)(O)C[C@@H](C)/C(=N\OCOCCOC)[C@H](C)[C@@H](O)[C@]1(C)O.CO[C@H]1/C=C/O[C@@]2(C)Oc3c(C)c(O)c4c(O)c(c5c(c4c3C2=O)=NC2(CCN(CC(C)C)CC2)N=5)NC(=O)/C(C)=C\C=C\[C@H](C)[C@H](O)[C@@H](C)[C@@H](O)[C@@H](C)[C@H](OC(C)=O)[C@@H]1C. The summed E-state index contributed by atoms with van der Waals surface area (Å²) < 4.78 is 72.1. The van der Waals surface area contributed by atoms with Gasteiger partial charge in [-0.15, -0.1) is 0 Å². The molecule has 7 heterocycles. The molecule has 12 rings (SSSR count). The Kier molecular flexibility index (Phi) is 42.8. The molecule has 0 aromatic heterocycles. The largest absolute Gasteiger partial charge is 0.507 e. The molecule has 10 aliphatic rings. The lowest BCUT2D eigenvalue weighted by molar-refractivity contribution is -0.317. The van der Waals surface area contributed by atoms with Crippen molar-refractivity contribution in [3.05, 3.63) is 93.4 Å². The lowest BCUT2D eigenvalue weighted by atomic mass is 9.60. The summed E-state index contributed by atoms with van der Waals surface area (Å²) in [5.74, 6) is -8.48. The number of amides is 1. The molecule has 35 nitrogen and oxygen atoms in total. The molecular weight excluding hydrogens is 1920 g/mol. The van der Waals surface area contributed by atoms with Gasteiger partial charge in [-0.1, -0.05) is 144 Å². The van der Waals surface area contributed by atoms with E-state index < -0.39 is 203 Å². The first-order valence-electron chi connectivity index (χ1n) is 54.2. The van der Waals surface area contributed by atoms with Gasteiger partial charge in [-0.2, -0.15) is 0 Å². The molecule has 7 fully saturated rings. The number of ketones is 1. The van der Waals surface area contributed by atoms with Crippen LogP contribution < -0.4 is 20.8 Å². The zero-order chi connectivity index (χ0) is 111. The smallest absolute Gasteiger partial charge is 0.312 e. The number of benzene rings is 2. The Bertz CT molecular complexity index is 5210. The number of Topliss-reactive ketones (excluding diaryl/α,β-unsaturated/α-hetero) is 1. The maximum atomic E-state index is 14.7. The van der Waals surface area contributed by atoms with Crippen LogP contribution in [-0.2, 0) is 71.3 Å². The molecule has 33 atom stereocenters. The number of methoxy groups -OCH3 is 3. The highest BCUT2D eigenvalue weighted by Gasteiger charge is 2.57. The lowest BCUT2D eigenvalue weighted by Crippen LogP contribution is -2.61. The summed E-state index contributed by atoms with van der Waals surface area (Å²) in [5.41, 5.74) is -1.90. The van der Waals surface area contributed by atoms with Gasteiger partial charge in [-0.3, -0.25) is 29.2 Å². The van der Waals surface area contributed by atoms with Crippen molar-refractivity contribution in [1.29, 1.82) is 0 Å². The van der Waals surface area contributed by atoms with Crippen molar-refractivity contribution >= 4 is 45.8 Å². The molecule has 149 heavy (non-hydrogen) atoms. The molecule has 3 aliphatic carbocycles. The van der Waals surface area contributed by atoms with Crippen molar-refractivity contribution in [2.24, 2.45) is 91.6 Å². The summed E-state index contributed by atoms with van der Waals surface area (Å²) in [6.45, 7) is 49.7. The third-order valence-corrected chi connectivity index (χ3v) is 33.9. The van der Waals surface area contributed by atoms with Gasteiger partial charge in [-0.05, 0) is 194 Å². The first-order valence-corrected chi connectivity index (χ1v) is 54.2. The predicted molar refractivity (Wildman–Crippen MR) is 564 cm³/mol. The number of likely N-dealkylation sites (tertiary alicyclic amines) is 1. The molecule has 2 aromatic rings. The number of oxime groups is 1. The van der Waals surface area contributed by atoms with Gasteiger partial charge in [0.05, 0.1) is 125 Å². The predicted octanol–water partition coefficient (Wildman–Crippen LogP) is 12.7. The van der Waals surface area contributed by atoms with Crippen LogP contribution in [0.4, 0.5) is 5.69 Å². The van der Waals surface area contributed by atoms with Crippen molar-refractivity contribution < 1.29 is 142 Å². The van der Waals surface area contributed by atoms with Crippen LogP contribution in [0.5, 0.6) is 17.2 Å². The number of aliphatic hydroxyl groups excluding tert-OH is 7. The van der Waals surface area contributed by atoms with Crippen LogP contribution in [0.25, 0.3) is 10.8 Å². The molecule has 3 saturated carbocycles. The number of aromatic hydroxyl groups is 2. The third kappa shape index (κ3) is 28.6. The molecule has 7 aliphatic heterocycles. The minimum atomic E-state index is -1.97. The van der Waals surface area contributed by atoms with E-state index in [1.165, 1.54) is 79.8 Å². The van der Waals surface area contributed by atoms with E-state index in [9.17, 15) is 80.5 Å². The Balaban J connectivity index is 0.000000241. The van der Waals surface area contributed by atoms with Gasteiger partial charge < -0.3 is 138 Å². The number of ether oxygens (including phenoxy) is 12. The summed E-state index contributed by atoms with van der Waals surface area (Å²) >= 11 is 0. The molecular formula is C114H182N6O29. The normalized spacial score (nSPS) is 39.0. The average Bonchev–Trinajstić information content (AvgIpc) is 1.54. The van der Waals surface area contributed by atoms with Gasteiger partial charge >= 0.3 is 17.7 Å². The van der Waals surface area contributed by atoms with Crippen LogP contribution in [0.2, 0.25) is 0 Å². The zero-order valence-electron chi connectivity index (χ0n) is 94.1. The summed E-state index contributed by atoms with van der Waals surface area (Å²) in [7, 11) is 8.23. The van der Waals surface area contributed by atoms with E-state index in [4.69, 9.17) is 71.7 Å². The Morgan fingerprint density at radius 1 is 0.785 bits per heavy atom. The highest BCUT2D eigenvalue weighted by molar-refractivity contribution is 6.19. The fraction of sp³-hybridized carbons (Fsp3) is 0.763. The topological polar surface area (TPSA) is 487 Å². The van der Waals surface area contributed by atoms with E-state index in [-0.39, 0.29) is 100 Å². The average molecular weight is 2100 g/mol. The van der Waals surface area contributed by atoms with Crippen molar-refractivity contribution in [1.82, 2.24) is 9.80 Å². The zero-order valence-corrected chi connectivity index (χ0v) is 94.1. The summed E-state index contributed by atoms with van der Waals surface area (Å²) in [6.07, 6.45) is 9.40. The van der Waals surface area contributed by atoms with E-state index in [0.29, 0.717) is 80.7 Å². The fourth-order valence-electron chi connectivity index (χ4n) is 24.9. The number of fused-ring (bicyclic) bond motifs is 2. The number of esters is 2. The number of anilines is 1. The quantitative estimate of drug-likeness (QED) is 0.0162. The van der Waals surface area contributed by atoms with Crippen LogP contribution in [0.1, 0.15) is 278 Å². The van der Waals surface area contributed by atoms with Crippen molar-refractivity contribution in [3.8, 4) is 17.2 Å². The second-order valence-electron chi connectivity index (χ2n) is 47.0. The van der Waals surface area contributed by atoms with Crippen molar-refractivity contribution in [2.75, 3.05) is 80.4 Å². The van der Waals surface area contributed by atoms with Crippen LogP contribution in [0.15, 0.2) is 86.7 Å². The number of nitrogens with zero attached hydrogens (tertiary/aromatic N) is 5. The van der Waals surface area contributed by atoms with E-state index in [0.717, 1.165) is 36.5 Å². The Morgan fingerprint density at radius 3 is 2.08 bits per heavy atom. The Hall–Kier alpha value is -7.31. The highest BCUT2D eigenvalue weighted by Crippen LogP contribution is 2.61. The molecule has 8 unspecified atom stereocenters. The first kappa shape index (κ1) is 124. The Morgan fingerprint density at radius 2 is 1.46 bits per heavy atom. The number of phenolic OH excluding ortho intramolecular Hbond substituents is 2. The molecule has 2 aromatic carbocycles. The summed E-state index contributed by atoms with van der Waals surface area (Å²) in [6, 6.07) is -0.328. The second kappa shape index (κ2) is 51.6. The maximum Gasteiger partial charge on any atom is 0.312 e. The van der Waals surface area contributed by atoms with Gasteiger partial charge in [0, 0.05) is 144 Å². The van der Waals surface area contributed by atoms with Gasteiger partial charge in [0.2, 0.25) is 6.79 Å². The van der Waals surface area contributed by atoms with E-state index >= 15 is 0 Å². The minimum Gasteiger partial charge on any atom is -0.507 e. The number of piperidine rings is 1. The van der Waals surface area contributed by atoms with Crippen molar-refractivity contribution in [2.45, 2.75) is 407 Å². The fourth-order valence-corrected chi connectivity index (χ4v) is 24.9. The molecule has 35 heteroatoms. The monoisotopic (exact) mass is 2100 g/mol. The first-order chi connectivity index (χ1) is 69.6. The number of allylic oxidation sites excluding steroid dienone is 5. The number of rotatable bonds is 23. The van der Waals surface area contributed by atoms with Crippen LogP contribution in [0.3, 0.4) is 0 Å². The van der Waals surface area contributed by atoms with Gasteiger partial charge in [0.25, 0.3) is 11.7 Å². The number of nitrogens with one attached hydrogen (secondary N) is 1. The standard InChI is InChI=1S/C46H62N4O11.C41H76N2O15.C27H44O3/c1-22(2)21-50-18-16-46(17-19-50)48-34-31-32-39(54)28(8)42-33(31)43(56)45(10,61-42)59-20-15-30(58-11)25(5)41(60-29(9)51)27(7)38(53)26(6)37(52)23(3)13-12-14-24(4)44(57)47-36(40(32)55)35(34)49-46;1-15-29-41(10,49)34(45)24(4)31(42-53-21-52-17-16-50-13)22(2)19-39(8,48)36(58-38-32(44)28(43(11)12)18-23(3)54-38)25(5)33(26(6)37(47)56-29)57-30-20-40(9,51-14)35(46)27(7)55-30;1-18(8-6-14-26(3,4)30)23-12-13-24-20(9-7-15-27(23,24)5)10-11-21-16-22(28)17-25(29)19(21)2/h12-15,20,22-23,25-27,30,37-38,41,52-55H,16-19,21H2,1-11H3,(H,47,57);22-30,32-36,38,44-46,48-49H,15-21H2,1-14H3;10-11,18,22-25,28-30H,2,6-9,12-17H2,1,3-5H3/b13-12+,20-15+,24-14-;42-31+;20-10+,21-11-/t23-,25+,26+,27+,30-,37-,38+,41+,45-;22-,23?,24+,25+,26-,27?,28?,29-,30?,32?,33+,34-,35?,36-,38?,39-,40?,41-;18-,22-,23-,24+,25+,27-/m011/s1. The maximum absolute atomic E-state index is 14.7. The number of aliphatic hydroxyl groups is 10. The molecule has 4 bridgehead atoms. The number of likely N-dealkylation sites (N-methyl/N-ethyl adjacent to an activating group) is 1. The number of hydrogen-bond acceptors (Lipinski definition) is 34. The van der Waals surface area contributed by atoms with Crippen LogP contribution in [0, 0.1) is 83.4 Å². The van der Waals surface area contributed by atoms with Gasteiger partial charge in [-0.25, -0.2) is 0 Å². The molecule has 1 amide bonds. The molecule has 13 N–H and O–H groups in total. The molecule has 1 spiro atoms. The molecule has 842 valence electrons. The van der Waals surface area contributed by atoms with Crippen molar-refractivity contribution in [3.63, 3.8) is 0 Å². The number of hydrogen-bond donors (Lipinski definition) is 13. The van der Waals surface area contributed by atoms with E-state index in [2.05, 4.69) is 61.8 Å². The van der Waals surface area contributed by atoms with Crippen LogP contribution >= 0.6 is 0 Å². The van der Waals surface area contributed by atoms with Gasteiger partial charge in [0.1, 0.15) is 52.6 Å². The summed E-state index contributed by atoms with van der Waals surface area (Å²) in [5, 5.41) is 144.